The lowest BCUT2D eigenvalue weighted by molar-refractivity contribution is -0.124. The second-order valence-corrected chi connectivity index (χ2v) is 10.1. The number of aromatic nitrogens is 3. The van der Waals surface area contributed by atoms with Gasteiger partial charge in [0.25, 0.3) is 5.91 Å². The van der Waals surface area contributed by atoms with Crippen molar-refractivity contribution in [2.45, 2.75) is 52.1 Å². The van der Waals surface area contributed by atoms with Gasteiger partial charge in [0.05, 0.1) is 17.1 Å². The number of thiazole rings is 1. The van der Waals surface area contributed by atoms with Gasteiger partial charge < -0.3 is 9.64 Å². The molecule has 0 saturated carbocycles. The molecule has 9 heteroatoms. The molecule has 36 heavy (non-hydrogen) atoms. The molecular weight excluding hydrogens is 474 g/mol. The Morgan fingerprint density at radius 3 is 2.64 bits per heavy atom. The van der Waals surface area contributed by atoms with E-state index < -0.39 is 0 Å². The molecule has 0 bridgehead atoms. The number of nitrogens with zero attached hydrogens (tertiary/aromatic N) is 4. The Morgan fingerprint density at radius 1 is 1.19 bits per heavy atom. The van der Waals surface area contributed by atoms with E-state index in [1.54, 1.807) is 17.4 Å². The molecule has 2 amide bonds. The third kappa shape index (κ3) is 5.46. The maximum absolute atomic E-state index is 11.8. The number of ether oxygens (including phenoxy) is 1. The number of hydrogen-bond acceptors (Lipinski definition) is 8. The molecule has 0 aliphatic carbocycles. The molecule has 4 heterocycles. The van der Waals surface area contributed by atoms with E-state index in [0.717, 1.165) is 66.4 Å². The monoisotopic (exact) mass is 503 g/mol. The SMILES string of the molecule is CCc1cnc(N2CCC(c3nc(COc4ccc(/C=C5\CC(=O)NC5=O)cc4C)cs3)CC2)nc1. The van der Waals surface area contributed by atoms with Crippen LogP contribution in [0.15, 0.2) is 41.5 Å². The normalized spacial score (nSPS) is 17.6. The Hall–Kier alpha value is -3.59. The first kappa shape index (κ1) is 24.1. The number of rotatable bonds is 7. The quantitative estimate of drug-likeness (QED) is 0.381. The van der Waals surface area contributed by atoms with Crippen LogP contribution in [-0.2, 0) is 22.6 Å². The molecule has 2 aromatic heterocycles. The van der Waals surface area contributed by atoms with Gasteiger partial charge in [-0.05, 0) is 61.1 Å². The molecule has 2 fully saturated rings. The fourth-order valence-electron chi connectivity index (χ4n) is 4.49. The van der Waals surface area contributed by atoms with Gasteiger partial charge in [0.15, 0.2) is 0 Å². The highest BCUT2D eigenvalue weighted by Crippen LogP contribution is 2.32. The van der Waals surface area contributed by atoms with Crippen LogP contribution >= 0.6 is 11.3 Å². The van der Waals surface area contributed by atoms with Gasteiger partial charge in [0.2, 0.25) is 11.9 Å². The number of hydrogen-bond donors (Lipinski definition) is 1. The Balaban J connectivity index is 1.15. The molecule has 2 aliphatic rings. The third-order valence-electron chi connectivity index (χ3n) is 6.61. The lowest BCUT2D eigenvalue weighted by Crippen LogP contribution is -2.34. The number of anilines is 1. The Morgan fingerprint density at radius 2 is 1.97 bits per heavy atom. The van der Waals surface area contributed by atoms with Crippen LogP contribution in [0.4, 0.5) is 5.95 Å². The number of carbonyl (C=O) groups is 2. The molecule has 1 aromatic carbocycles. The molecule has 2 aliphatic heterocycles. The summed E-state index contributed by atoms with van der Waals surface area (Å²) >= 11 is 1.70. The first-order chi connectivity index (χ1) is 17.5. The van der Waals surface area contributed by atoms with Crippen LogP contribution in [0.2, 0.25) is 0 Å². The van der Waals surface area contributed by atoms with E-state index >= 15 is 0 Å². The highest BCUT2D eigenvalue weighted by atomic mass is 32.1. The van der Waals surface area contributed by atoms with Crippen LogP contribution in [0.1, 0.15) is 59.5 Å². The first-order valence-electron chi connectivity index (χ1n) is 12.3. The number of nitrogens with one attached hydrogen (secondary N) is 1. The van der Waals surface area contributed by atoms with Crippen molar-refractivity contribution in [1.29, 1.82) is 0 Å². The summed E-state index contributed by atoms with van der Waals surface area (Å²) in [5, 5.41) is 5.55. The molecule has 1 N–H and O–H groups in total. The van der Waals surface area contributed by atoms with Crippen molar-refractivity contribution in [2.24, 2.45) is 0 Å². The zero-order chi connectivity index (χ0) is 25.1. The second-order valence-electron chi connectivity index (χ2n) is 9.22. The summed E-state index contributed by atoms with van der Waals surface area (Å²) in [5.74, 6) is 1.47. The fourth-order valence-corrected chi connectivity index (χ4v) is 5.47. The average Bonchev–Trinajstić information content (AvgIpc) is 3.49. The number of imide groups is 1. The maximum Gasteiger partial charge on any atom is 0.254 e. The van der Waals surface area contributed by atoms with Crippen LogP contribution in [0.3, 0.4) is 0 Å². The van der Waals surface area contributed by atoms with Crippen LogP contribution in [-0.4, -0.2) is 39.9 Å². The van der Waals surface area contributed by atoms with E-state index in [1.807, 2.05) is 37.5 Å². The molecule has 5 rings (SSSR count). The van der Waals surface area contributed by atoms with E-state index in [9.17, 15) is 9.59 Å². The second kappa shape index (κ2) is 10.6. The van der Waals surface area contributed by atoms with Crippen LogP contribution in [0, 0.1) is 6.92 Å². The van der Waals surface area contributed by atoms with Crippen molar-refractivity contribution >= 4 is 35.2 Å². The minimum atomic E-state index is -0.318. The predicted molar refractivity (Wildman–Crippen MR) is 139 cm³/mol. The summed E-state index contributed by atoms with van der Waals surface area (Å²) in [7, 11) is 0. The molecule has 0 unspecified atom stereocenters. The Labute approximate surface area is 214 Å². The molecule has 186 valence electrons. The van der Waals surface area contributed by atoms with E-state index in [2.05, 4.69) is 32.5 Å². The number of aryl methyl sites for hydroxylation is 2. The van der Waals surface area contributed by atoms with E-state index in [1.165, 1.54) is 5.01 Å². The maximum atomic E-state index is 11.8. The lowest BCUT2D eigenvalue weighted by atomic mass is 9.98. The number of benzene rings is 1. The molecule has 0 atom stereocenters. The predicted octanol–water partition coefficient (Wildman–Crippen LogP) is 4.20. The largest absolute Gasteiger partial charge is 0.487 e. The number of piperidine rings is 1. The van der Waals surface area contributed by atoms with Gasteiger partial charge in [-0.3, -0.25) is 14.9 Å². The van der Waals surface area contributed by atoms with Gasteiger partial charge in [-0.2, -0.15) is 0 Å². The Kier molecular flexibility index (Phi) is 7.09. The smallest absolute Gasteiger partial charge is 0.254 e. The zero-order valence-electron chi connectivity index (χ0n) is 20.5. The fraction of sp³-hybridized carbons (Fsp3) is 0.370. The number of carbonyl (C=O) groups excluding carboxylic acids is 2. The summed E-state index contributed by atoms with van der Waals surface area (Å²) in [6, 6.07) is 5.75. The van der Waals surface area contributed by atoms with Crippen molar-refractivity contribution in [3.8, 4) is 5.75 Å². The topological polar surface area (TPSA) is 97.3 Å². The minimum absolute atomic E-state index is 0.126. The van der Waals surface area contributed by atoms with Gasteiger partial charge in [-0.1, -0.05) is 13.0 Å². The van der Waals surface area contributed by atoms with Crippen LogP contribution in [0.5, 0.6) is 5.75 Å². The van der Waals surface area contributed by atoms with Gasteiger partial charge >= 0.3 is 0 Å². The highest BCUT2D eigenvalue weighted by Gasteiger charge is 2.25. The molecule has 8 nitrogen and oxygen atoms in total. The molecule has 3 aromatic rings. The third-order valence-corrected chi connectivity index (χ3v) is 7.66. The summed E-state index contributed by atoms with van der Waals surface area (Å²) in [6.45, 7) is 6.34. The molecule has 0 radical (unpaired) electrons. The van der Waals surface area contributed by atoms with Crippen LogP contribution < -0.4 is 15.0 Å². The number of amides is 2. The van der Waals surface area contributed by atoms with Crippen molar-refractivity contribution in [1.82, 2.24) is 20.3 Å². The van der Waals surface area contributed by atoms with Gasteiger partial charge in [0.1, 0.15) is 12.4 Å². The standard InChI is InChI=1S/C27H29N5O3S/c1-3-18-13-28-27(29-14-18)32-8-6-20(7-9-32)26-30-22(16-36-26)15-35-23-5-4-19(10-17(23)2)11-21-12-24(33)31-25(21)34/h4-5,10-11,13-14,16,20H,3,6-9,12,15H2,1-2H3,(H,31,33,34)/b21-11+. The van der Waals surface area contributed by atoms with E-state index in [-0.39, 0.29) is 18.2 Å². The van der Waals surface area contributed by atoms with Gasteiger partial charge in [-0.25, -0.2) is 15.0 Å². The van der Waals surface area contributed by atoms with Gasteiger partial charge in [-0.15, -0.1) is 11.3 Å². The zero-order valence-corrected chi connectivity index (χ0v) is 21.3. The molecule has 0 spiro atoms. The lowest BCUT2D eigenvalue weighted by Gasteiger charge is -2.31. The van der Waals surface area contributed by atoms with Crippen molar-refractivity contribution in [2.75, 3.05) is 18.0 Å². The average molecular weight is 504 g/mol. The van der Waals surface area contributed by atoms with Crippen LogP contribution in [0.25, 0.3) is 6.08 Å². The molecular formula is C27H29N5O3S. The summed E-state index contributed by atoms with van der Waals surface area (Å²) < 4.78 is 6.05. The first-order valence-corrected chi connectivity index (χ1v) is 13.1. The van der Waals surface area contributed by atoms with Crippen molar-refractivity contribution in [3.05, 3.63) is 68.9 Å². The van der Waals surface area contributed by atoms with E-state index in [4.69, 9.17) is 9.72 Å². The Bertz CT molecular complexity index is 1290. The highest BCUT2D eigenvalue weighted by molar-refractivity contribution is 7.09. The van der Waals surface area contributed by atoms with Crippen molar-refractivity contribution < 1.29 is 14.3 Å². The summed E-state index contributed by atoms with van der Waals surface area (Å²) in [6.07, 6.45) is 8.74. The molecule has 2 saturated heterocycles. The van der Waals surface area contributed by atoms with E-state index in [0.29, 0.717) is 18.1 Å². The minimum Gasteiger partial charge on any atom is -0.487 e. The summed E-state index contributed by atoms with van der Waals surface area (Å²) in [5.41, 5.74) is 4.41. The van der Waals surface area contributed by atoms with Gasteiger partial charge in [0, 0.05) is 42.4 Å². The van der Waals surface area contributed by atoms with Crippen molar-refractivity contribution in [3.63, 3.8) is 0 Å². The summed E-state index contributed by atoms with van der Waals surface area (Å²) in [4.78, 5) is 39.3.